The molecule has 0 spiro atoms. The third kappa shape index (κ3) is 4.20. The minimum atomic E-state index is -0.209. The lowest BCUT2D eigenvalue weighted by atomic mass is 10.1. The summed E-state index contributed by atoms with van der Waals surface area (Å²) in [6.07, 6.45) is 0.219. The van der Waals surface area contributed by atoms with Crippen LogP contribution in [0, 0.1) is 13.8 Å². The number of H-pyrrole nitrogens is 1. The molecule has 2 rings (SSSR count). The average molecular weight is 290 g/mol. The smallest absolute Gasteiger partial charge is 0.336 e. The molecule has 1 aromatic carbocycles. The Morgan fingerprint density at radius 1 is 1.38 bits per heavy atom. The summed E-state index contributed by atoms with van der Waals surface area (Å²) in [6.45, 7) is 4.26. The van der Waals surface area contributed by atoms with Crippen LogP contribution in [-0.4, -0.2) is 34.8 Å². The summed E-state index contributed by atoms with van der Waals surface area (Å²) >= 11 is 0. The predicted molar refractivity (Wildman–Crippen MR) is 77.6 cm³/mol. The van der Waals surface area contributed by atoms with Gasteiger partial charge in [-0.25, -0.2) is 5.10 Å². The molecule has 7 heteroatoms. The number of nitrogens with zero attached hydrogens (tertiary/aromatic N) is 2. The number of anilines is 1. The lowest BCUT2D eigenvalue weighted by Crippen LogP contribution is -2.16. The zero-order valence-electron chi connectivity index (χ0n) is 12.3. The number of benzene rings is 1. The van der Waals surface area contributed by atoms with Crippen LogP contribution < -0.4 is 14.8 Å². The number of nitrogens with one attached hydrogen (secondary N) is 2. The number of carbonyl (C=O) groups is 1. The fourth-order valence-electron chi connectivity index (χ4n) is 1.70. The number of aromatic nitrogens is 3. The van der Waals surface area contributed by atoms with Crippen LogP contribution in [0.3, 0.4) is 0 Å². The molecule has 1 aromatic heterocycles. The molecule has 2 N–H and O–H groups in total. The van der Waals surface area contributed by atoms with Crippen LogP contribution in [0.2, 0.25) is 0 Å². The molecule has 7 nitrogen and oxygen atoms in total. The van der Waals surface area contributed by atoms with Gasteiger partial charge in [0.25, 0.3) is 0 Å². The first-order valence-corrected chi connectivity index (χ1v) is 6.55. The van der Waals surface area contributed by atoms with E-state index in [9.17, 15) is 4.79 Å². The molecular weight excluding hydrogens is 272 g/mol. The number of amides is 1. The first-order chi connectivity index (χ1) is 10.1. The van der Waals surface area contributed by atoms with Crippen molar-refractivity contribution in [2.45, 2.75) is 20.3 Å². The van der Waals surface area contributed by atoms with Crippen LogP contribution in [0.4, 0.5) is 5.95 Å². The number of hydrogen-bond acceptors (Lipinski definition) is 5. The fourth-order valence-corrected chi connectivity index (χ4v) is 1.70. The zero-order valence-corrected chi connectivity index (χ0v) is 12.3. The first-order valence-electron chi connectivity index (χ1n) is 6.55. The maximum atomic E-state index is 11.7. The summed E-state index contributed by atoms with van der Waals surface area (Å²) in [4.78, 5) is 15.6. The highest BCUT2D eigenvalue weighted by Gasteiger charge is 2.08. The van der Waals surface area contributed by atoms with Gasteiger partial charge in [-0.15, -0.1) is 5.10 Å². The fraction of sp³-hybridized carbons (Fsp3) is 0.357. The van der Waals surface area contributed by atoms with E-state index in [0.717, 1.165) is 16.9 Å². The minimum Gasteiger partial charge on any atom is -0.493 e. The lowest BCUT2D eigenvalue weighted by molar-refractivity contribution is -0.116. The molecule has 21 heavy (non-hydrogen) atoms. The number of aryl methyl sites for hydroxylation is 2. The van der Waals surface area contributed by atoms with Gasteiger partial charge in [0.1, 0.15) is 5.75 Å². The molecule has 0 unspecified atom stereocenters. The standard InChI is InChI=1S/C14H18N4O3/c1-9-4-5-10(2)11(8-9)21-7-6-12(19)15-13-16-14(20-3)18-17-13/h4-5,8H,6-7H2,1-3H3,(H2,15,16,17,18,19). The maximum absolute atomic E-state index is 11.7. The average Bonchev–Trinajstić information content (AvgIpc) is 2.90. The first kappa shape index (κ1) is 14.8. The minimum absolute atomic E-state index is 0.178. The summed E-state index contributed by atoms with van der Waals surface area (Å²) in [5.74, 6) is 0.840. The van der Waals surface area contributed by atoms with Crippen molar-refractivity contribution in [1.82, 2.24) is 15.2 Å². The normalized spacial score (nSPS) is 10.2. The van der Waals surface area contributed by atoms with Crippen LogP contribution in [0.15, 0.2) is 18.2 Å². The van der Waals surface area contributed by atoms with E-state index >= 15 is 0 Å². The van der Waals surface area contributed by atoms with Gasteiger partial charge in [-0.1, -0.05) is 12.1 Å². The molecule has 0 aliphatic carbocycles. The molecule has 1 amide bonds. The quantitative estimate of drug-likeness (QED) is 0.847. The van der Waals surface area contributed by atoms with Crippen molar-refractivity contribution < 1.29 is 14.3 Å². The van der Waals surface area contributed by atoms with Crippen molar-refractivity contribution in [3.8, 4) is 11.8 Å². The highest BCUT2D eigenvalue weighted by molar-refractivity contribution is 5.88. The van der Waals surface area contributed by atoms with Gasteiger partial charge < -0.3 is 9.47 Å². The van der Waals surface area contributed by atoms with E-state index in [2.05, 4.69) is 20.5 Å². The Kier molecular flexibility index (Phi) is 4.76. The van der Waals surface area contributed by atoms with Gasteiger partial charge in [0, 0.05) is 0 Å². The molecule has 2 aromatic rings. The Bertz CT molecular complexity index is 624. The highest BCUT2D eigenvalue weighted by Crippen LogP contribution is 2.19. The molecule has 0 atom stereocenters. The number of hydrogen-bond donors (Lipinski definition) is 2. The van der Waals surface area contributed by atoms with Crippen LogP contribution in [0.5, 0.6) is 11.8 Å². The van der Waals surface area contributed by atoms with E-state index in [0.29, 0.717) is 6.61 Å². The van der Waals surface area contributed by atoms with Gasteiger partial charge in [0.2, 0.25) is 11.9 Å². The Balaban J connectivity index is 1.80. The topological polar surface area (TPSA) is 89.1 Å². The number of rotatable bonds is 6. The summed E-state index contributed by atoms with van der Waals surface area (Å²) in [5.41, 5.74) is 2.16. The lowest BCUT2D eigenvalue weighted by Gasteiger charge is -2.09. The van der Waals surface area contributed by atoms with Gasteiger partial charge in [-0.2, -0.15) is 4.98 Å². The summed E-state index contributed by atoms with van der Waals surface area (Å²) in [5, 5.41) is 8.87. The second-order valence-corrected chi connectivity index (χ2v) is 4.59. The molecular formula is C14H18N4O3. The third-order valence-corrected chi connectivity index (χ3v) is 2.84. The highest BCUT2D eigenvalue weighted by atomic mass is 16.5. The Labute approximate surface area is 122 Å². The van der Waals surface area contributed by atoms with E-state index in [-0.39, 0.29) is 24.3 Å². The molecule has 0 saturated carbocycles. The van der Waals surface area contributed by atoms with Crippen molar-refractivity contribution in [1.29, 1.82) is 0 Å². The van der Waals surface area contributed by atoms with Crippen molar-refractivity contribution in [2.75, 3.05) is 19.0 Å². The molecule has 1 heterocycles. The molecule has 0 aliphatic rings. The van der Waals surface area contributed by atoms with Gasteiger partial charge in [0.15, 0.2) is 0 Å². The van der Waals surface area contributed by atoms with E-state index in [4.69, 9.17) is 9.47 Å². The van der Waals surface area contributed by atoms with Crippen LogP contribution in [0.25, 0.3) is 0 Å². The largest absolute Gasteiger partial charge is 0.493 e. The van der Waals surface area contributed by atoms with Gasteiger partial charge in [0.05, 0.1) is 20.1 Å². The van der Waals surface area contributed by atoms with E-state index in [1.54, 1.807) is 0 Å². The van der Waals surface area contributed by atoms with Crippen molar-refractivity contribution in [3.63, 3.8) is 0 Å². The molecule has 0 radical (unpaired) electrons. The third-order valence-electron chi connectivity index (χ3n) is 2.84. The summed E-state index contributed by atoms with van der Waals surface area (Å²) in [6, 6.07) is 6.14. The number of aromatic amines is 1. The molecule has 0 fully saturated rings. The van der Waals surface area contributed by atoms with Crippen LogP contribution in [0.1, 0.15) is 17.5 Å². The number of ether oxygens (including phenoxy) is 2. The summed E-state index contributed by atoms with van der Waals surface area (Å²) in [7, 11) is 1.45. The molecule has 112 valence electrons. The van der Waals surface area contributed by atoms with Gasteiger partial charge in [-0.05, 0) is 31.0 Å². The number of methoxy groups -OCH3 is 1. The SMILES string of the molecule is COc1n[nH]c(NC(=O)CCOc2cc(C)ccc2C)n1. The Morgan fingerprint density at radius 3 is 2.90 bits per heavy atom. The van der Waals surface area contributed by atoms with Crippen molar-refractivity contribution in [2.24, 2.45) is 0 Å². The monoisotopic (exact) mass is 290 g/mol. The zero-order chi connectivity index (χ0) is 15.2. The Morgan fingerprint density at radius 2 is 2.19 bits per heavy atom. The van der Waals surface area contributed by atoms with Crippen molar-refractivity contribution >= 4 is 11.9 Å². The second kappa shape index (κ2) is 6.74. The predicted octanol–water partition coefficient (Wildman–Crippen LogP) is 1.84. The summed E-state index contributed by atoms with van der Waals surface area (Å²) < 4.78 is 10.4. The second-order valence-electron chi connectivity index (χ2n) is 4.59. The van der Waals surface area contributed by atoms with Gasteiger partial charge in [-0.3, -0.25) is 10.1 Å². The van der Waals surface area contributed by atoms with E-state index < -0.39 is 0 Å². The van der Waals surface area contributed by atoms with E-state index in [1.165, 1.54) is 7.11 Å². The van der Waals surface area contributed by atoms with Crippen LogP contribution >= 0.6 is 0 Å². The van der Waals surface area contributed by atoms with E-state index in [1.807, 2.05) is 32.0 Å². The molecule has 0 bridgehead atoms. The molecule has 0 aliphatic heterocycles. The Hall–Kier alpha value is -2.57. The van der Waals surface area contributed by atoms with Crippen molar-refractivity contribution in [3.05, 3.63) is 29.3 Å². The van der Waals surface area contributed by atoms with Crippen LogP contribution in [-0.2, 0) is 4.79 Å². The van der Waals surface area contributed by atoms with Gasteiger partial charge >= 0.3 is 6.01 Å². The number of carbonyl (C=O) groups excluding carboxylic acids is 1. The maximum Gasteiger partial charge on any atom is 0.336 e. The molecule has 0 saturated heterocycles.